The summed E-state index contributed by atoms with van der Waals surface area (Å²) in [6, 6.07) is 26.1. The molecule has 0 spiro atoms. The van der Waals surface area contributed by atoms with Gasteiger partial charge in [0, 0.05) is 31.4 Å². The molecule has 3 aromatic rings. The van der Waals surface area contributed by atoms with E-state index in [1.807, 2.05) is 26.2 Å². The van der Waals surface area contributed by atoms with E-state index in [1.165, 1.54) is 11.3 Å². The van der Waals surface area contributed by atoms with Gasteiger partial charge in [0.25, 0.3) is 0 Å². The van der Waals surface area contributed by atoms with E-state index in [0.717, 1.165) is 22.4 Å². The molecular weight excluding hydrogens is 282 g/mol. The standard InChI is InChI=1S/C21H20NO/c1-22(2)18-14-12-17(13-15-18)21-19(10-7-11-20(21)23-3)16-8-5-4-6-9-16/h4-10,12-15H,1-3H3. The highest BCUT2D eigenvalue weighted by Crippen LogP contribution is 2.39. The molecule has 0 N–H and O–H groups in total. The molecule has 0 fully saturated rings. The quantitative estimate of drug-likeness (QED) is 0.680. The minimum absolute atomic E-state index is 0.768. The fraction of sp³-hybridized carbons (Fsp3) is 0.143. The first-order chi connectivity index (χ1) is 11.2. The second-order valence-corrected chi connectivity index (χ2v) is 5.61. The normalized spacial score (nSPS) is 10.4. The Morgan fingerprint density at radius 2 is 1.52 bits per heavy atom. The number of hydrogen-bond acceptors (Lipinski definition) is 2. The van der Waals surface area contributed by atoms with Gasteiger partial charge in [-0.25, -0.2) is 0 Å². The molecule has 0 saturated heterocycles. The van der Waals surface area contributed by atoms with Gasteiger partial charge in [-0.2, -0.15) is 0 Å². The zero-order chi connectivity index (χ0) is 16.2. The van der Waals surface area contributed by atoms with E-state index in [-0.39, 0.29) is 0 Å². The monoisotopic (exact) mass is 302 g/mol. The van der Waals surface area contributed by atoms with Gasteiger partial charge in [-0.05, 0) is 34.9 Å². The first-order valence-electron chi connectivity index (χ1n) is 7.62. The molecule has 115 valence electrons. The van der Waals surface area contributed by atoms with Crippen molar-refractivity contribution in [1.29, 1.82) is 0 Å². The van der Waals surface area contributed by atoms with Gasteiger partial charge in [-0.15, -0.1) is 0 Å². The predicted molar refractivity (Wildman–Crippen MR) is 97.0 cm³/mol. The van der Waals surface area contributed by atoms with E-state index in [0.29, 0.717) is 0 Å². The third-order valence-corrected chi connectivity index (χ3v) is 3.92. The molecule has 0 unspecified atom stereocenters. The van der Waals surface area contributed by atoms with Crippen LogP contribution in [0, 0.1) is 6.07 Å². The molecule has 1 radical (unpaired) electrons. The van der Waals surface area contributed by atoms with Crippen molar-refractivity contribution >= 4 is 5.69 Å². The van der Waals surface area contributed by atoms with Crippen molar-refractivity contribution in [3.63, 3.8) is 0 Å². The number of rotatable bonds is 4. The van der Waals surface area contributed by atoms with Crippen LogP contribution >= 0.6 is 0 Å². The van der Waals surface area contributed by atoms with Crippen LogP contribution < -0.4 is 9.64 Å². The van der Waals surface area contributed by atoms with Crippen LogP contribution in [0.1, 0.15) is 0 Å². The van der Waals surface area contributed by atoms with Crippen LogP contribution in [0.3, 0.4) is 0 Å². The molecule has 0 saturated carbocycles. The molecule has 23 heavy (non-hydrogen) atoms. The number of ether oxygens (including phenoxy) is 1. The van der Waals surface area contributed by atoms with Crippen LogP contribution in [-0.4, -0.2) is 21.2 Å². The third-order valence-electron chi connectivity index (χ3n) is 3.92. The molecule has 0 aliphatic rings. The van der Waals surface area contributed by atoms with E-state index >= 15 is 0 Å². The maximum absolute atomic E-state index is 5.57. The molecule has 3 rings (SSSR count). The first kappa shape index (κ1) is 15.2. The minimum atomic E-state index is 0.768. The fourth-order valence-corrected chi connectivity index (χ4v) is 2.71. The number of nitrogens with zero attached hydrogens (tertiary/aromatic N) is 1. The molecule has 0 heterocycles. The molecule has 2 nitrogen and oxygen atoms in total. The van der Waals surface area contributed by atoms with Crippen molar-refractivity contribution in [2.45, 2.75) is 0 Å². The van der Waals surface area contributed by atoms with Crippen molar-refractivity contribution in [3.05, 3.63) is 72.8 Å². The van der Waals surface area contributed by atoms with Crippen molar-refractivity contribution in [3.8, 4) is 28.0 Å². The zero-order valence-electron chi connectivity index (χ0n) is 13.7. The number of hydrogen-bond donors (Lipinski definition) is 0. The second-order valence-electron chi connectivity index (χ2n) is 5.61. The average Bonchev–Trinajstić information content (AvgIpc) is 2.62. The topological polar surface area (TPSA) is 12.5 Å². The van der Waals surface area contributed by atoms with Crippen LogP contribution in [0.2, 0.25) is 0 Å². The predicted octanol–water partition coefficient (Wildman–Crippen LogP) is 4.90. The SMILES string of the molecule is COc1[c]ccc(-c2ccccc2)c1-c1ccc(N(C)C)cc1. The van der Waals surface area contributed by atoms with Crippen LogP contribution in [0.25, 0.3) is 22.3 Å². The van der Waals surface area contributed by atoms with E-state index in [4.69, 9.17) is 4.74 Å². The zero-order valence-corrected chi connectivity index (χ0v) is 13.7. The number of anilines is 1. The Kier molecular flexibility index (Phi) is 4.33. The van der Waals surface area contributed by atoms with Gasteiger partial charge in [-0.3, -0.25) is 0 Å². The Morgan fingerprint density at radius 1 is 0.826 bits per heavy atom. The van der Waals surface area contributed by atoms with E-state index in [2.05, 4.69) is 65.6 Å². The Bertz CT molecular complexity index is 777. The van der Waals surface area contributed by atoms with Crippen molar-refractivity contribution in [2.24, 2.45) is 0 Å². The lowest BCUT2D eigenvalue weighted by Crippen LogP contribution is -2.07. The van der Waals surface area contributed by atoms with Crippen LogP contribution in [0.15, 0.2) is 66.7 Å². The molecule has 0 aliphatic heterocycles. The Balaban J connectivity index is 2.17. The van der Waals surface area contributed by atoms with Crippen molar-refractivity contribution < 1.29 is 4.74 Å². The summed E-state index contributed by atoms with van der Waals surface area (Å²) < 4.78 is 5.57. The maximum atomic E-state index is 5.57. The molecule has 3 aromatic carbocycles. The van der Waals surface area contributed by atoms with E-state index in [9.17, 15) is 0 Å². The lowest BCUT2D eigenvalue weighted by atomic mass is 9.93. The molecule has 2 heteroatoms. The van der Waals surface area contributed by atoms with Gasteiger partial charge in [-0.1, -0.05) is 48.5 Å². The summed E-state index contributed by atoms with van der Waals surface area (Å²) in [6.45, 7) is 0. The third kappa shape index (κ3) is 3.07. The second kappa shape index (κ2) is 6.57. The number of benzene rings is 3. The Morgan fingerprint density at radius 3 is 2.13 bits per heavy atom. The fourth-order valence-electron chi connectivity index (χ4n) is 2.71. The minimum Gasteiger partial charge on any atom is -0.495 e. The summed E-state index contributed by atoms with van der Waals surface area (Å²) in [6.07, 6.45) is 0. The van der Waals surface area contributed by atoms with Gasteiger partial charge in [0.1, 0.15) is 5.75 Å². The molecular formula is C21H20NO. The van der Waals surface area contributed by atoms with Crippen LogP contribution in [0.5, 0.6) is 5.75 Å². The highest BCUT2D eigenvalue weighted by Gasteiger charge is 2.13. The van der Waals surface area contributed by atoms with Crippen molar-refractivity contribution in [1.82, 2.24) is 0 Å². The summed E-state index contributed by atoms with van der Waals surface area (Å²) in [4.78, 5) is 2.09. The number of methoxy groups -OCH3 is 1. The van der Waals surface area contributed by atoms with Gasteiger partial charge < -0.3 is 9.64 Å². The van der Waals surface area contributed by atoms with Gasteiger partial charge in [0.05, 0.1) is 7.11 Å². The molecule has 0 amide bonds. The summed E-state index contributed by atoms with van der Waals surface area (Å²) in [7, 11) is 5.78. The summed E-state index contributed by atoms with van der Waals surface area (Å²) in [5.41, 5.74) is 5.70. The van der Waals surface area contributed by atoms with E-state index in [1.54, 1.807) is 7.11 Å². The van der Waals surface area contributed by atoms with Gasteiger partial charge in [0.2, 0.25) is 0 Å². The molecule has 0 aliphatic carbocycles. The lowest BCUT2D eigenvalue weighted by Gasteiger charge is -2.16. The van der Waals surface area contributed by atoms with Gasteiger partial charge >= 0.3 is 0 Å². The van der Waals surface area contributed by atoms with Crippen molar-refractivity contribution in [2.75, 3.05) is 26.1 Å². The van der Waals surface area contributed by atoms with Crippen LogP contribution in [0.4, 0.5) is 5.69 Å². The Hall–Kier alpha value is -2.74. The largest absolute Gasteiger partial charge is 0.495 e. The summed E-state index contributed by atoms with van der Waals surface area (Å²) in [5, 5.41) is 0. The maximum Gasteiger partial charge on any atom is 0.135 e. The highest BCUT2D eigenvalue weighted by molar-refractivity contribution is 5.87. The smallest absolute Gasteiger partial charge is 0.135 e. The molecule has 0 atom stereocenters. The lowest BCUT2D eigenvalue weighted by molar-refractivity contribution is 0.415. The summed E-state index contributed by atoms with van der Waals surface area (Å²) >= 11 is 0. The van der Waals surface area contributed by atoms with Gasteiger partial charge in [0.15, 0.2) is 0 Å². The Labute approximate surface area is 138 Å². The molecule has 0 bridgehead atoms. The average molecular weight is 302 g/mol. The summed E-state index contributed by atoms with van der Waals surface area (Å²) in [5.74, 6) is 0.768. The first-order valence-corrected chi connectivity index (χ1v) is 7.62. The highest BCUT2D eigenvalue weighted by atomic mass is 16.5. The molecule has 0 aromatic heterocycles. The van der Waals surface area contributed by atoms with E-state index < -0.39 is 0 Å². The van der Waals surface area contributed by atoms with Crippen LogP contribution in [-0.2, 0) is 0 Å².